The molecule has 9 heteroatoms. The van der Waals surface area contributed by atoms with Crippen LogP contribution in [0, 0.1) is 0 Å². The number of hydrogen-bond donors (Lipinski definition) is 3. The lowest BCUT2D eigenvalue weighted by atomic mass is 10.2. The number of nitrogens with one attached hydrogen (secondary N) is 2. The van der Waals surface area contributed by atoms with E-state index in [-0.39, 0.29) is 29.6 Å². The third-order valence-electron chi connectivity index (χ3n) is 3.72. The average molecular weight is 391 g/mol. The fourth-order valence-electron chi connectivity index (χ4n) is 2.29. The first-order valence-corrected chi connectivity index (χ1v) is 9.51. The van der Waals surface area contributed by atoms with E-state index in [4.69, 9.17) is 0 Å². The number of sulfonamides is 1. The number of para-hydroxylation sites is 1. The lowest BCUT2D eigenvalue weighted by molar-refractivity contribution is -0.121. The molecule has 2 aromatic rings. The summed E-state index contributed by atoms with van der Waals surface area (Å²) in [7, 11) is -2.56. The van der Waals surface area contributed by atoms with Crippen molar-refractivity contribution >= 4 is 27.5 Å². The maximum atomic E-state index is 12.5. The smallest absolute Gasteiger partial charge is 0.243 e. The molecule has 2 aromatic carbocycles. The topological polar surface area (TPSA) is 116 Å². The van der Waals surface area contributed by atoms with Crippen LogP contribution in [0.25, 0.3) is 0 Å². The lowest BCUT2D eigenvalue weighted by Crippen LogP contribution is -2.38. The Morgan fingerprint density at radius 2 is 1.70 bits per heavy atom. The van der Waals surface area contributed by atoms with Gasteiger partial charge in [0.1, 0.15) is 5.75 Å². The molecule has 3 N–H and O–H groups in total. The molecule has 0 aliphatic rings. The first-order chi connectivity index (χ1) is 12.7. The van der Waals surface area contributed by atoms with Crippen molar-refractivity contribution in [3.05, 3.63) is 54.1 Å². The lowest BCUT2D eigenvalue weighted by Gasteiger charge is -2.17. The number of amides is 2. The highest BCUT2D eigenvalue weighted by Gasteiger charge is 2.23. The molecular weight excluding hydrogens is 370 g/mol. The molecule has 0 heterocycles. The van der Waals surface area contributed by atoms with Crippen molar-refractivity contribution in [1.82, 2.24) is 9.62 Å². The molecule has 2 amide bonds. The third kappa shape index (κ3) is 5.53. The van der Waals surface area contributed by atoms with Crippen molar-refractivity contribution in [2.24, 2.45) is 0 Å². The standard InChI is InChI=1S/C18H21N3O5S/c1-13(22)20-15-7-9-16(10-8-15)27(25,26)21(2)12-18(24)19-11-14-5-3-4-6-17(14)23/h3-10,23H,11-12H2,1-2H3,(H,19,24)(H,20,22). The Bertz CT molecular complexity index is 926. The van der Waals surface area contributed by atoms with Crippen LogP contribution in [0.5, 0.6) is 5.75 Å². The first kappa shape index (κ1) is 20.4. The van der Waals surface area contributed by atoms with Gasteiger partial charge in [-0.25, -0.2) is 8.42 Å². The van der Waals surface area contributed by atoms with Gasteiger partial charge in [-0.15, -0.1) is 0 Å². The summed E-state index contributed by atoms with van der Waals surface area (Å²) in [5, 5.41) is 14.8. The predicted molar refractivity (Wildman–Crippen MR) is 101 cm³/mol. The molecule has 0 radical (unpaired) electrons. The van der Waals surface area contributed by atoms with Crippen LogP contribution in [-0.4, -0.2) is 43.2 Å². The average Bonchev–Trinajstić information content (AvgIpc) is 2.61. The summed E-state index contributed by atoms with van der Waals surface area (Å²) in [6.07, 6.45) is 0. The molecule has 0 fully saturated rings. The van der Waals surface area contributed by atoms with Crippen LogP contribution in [0.4, 0.5) is 5.69 Å². The molecule has 144 valence electrons. The molecule has 27 heavy (non-hydrogen) atoms. The number of hydrogen-bond acceptors (Lipinski definition) is 5. The van der Waals surface area contributed by atoms with E-state index < -0.39 is 15.9 Å². The summed E-state index contributed by atoms with van der Waals surface area (Å²) in [6.45, 7) is 1.07. The molecule has 0 atom stereocenters. The van der Waals surface area contributed by atoms with Gasteiger partial charge in [-0.2, -0.15) is 4.31 Å². The van der Waals surface area contributed by atoms with Crippen molar-refractivity contribution in [3.63, 3.8) is 0 Å². The van der Waals surface area contributed by atoms with Crippen LogP contribution >= 0.6 is 0 Å². The summed E-state index contributed by atoms with van der Waals surface area (Å²) in [4.78, 5) is 23.1. The van der Waals surface area contributed by atoms with Gasteiger partial charge in [0.2, 0.25) is 21.8 Å². The zero-order valence-corrected chi connectivity index (χ0v) is 15.8. The summed E-state index contributed by atoms with van der Waals surface area (Å²) in [5.41, 5.74) is 1.01. The normalized spacial score (nSPS) is 11.2. The van der Waals surface area contributed by atoms with Gasteiger partial charge < -0.3 is 15.7 Å². The van der Waals surface area contributed by atoms with Crippen molar-refractivity contribution in [2.45, 2.75) is 18.4 Å². The maximum Gasteiger partial charge on any atom is 0.243 e. The summed E-state index contributed by atoms with van der Waals surface area (Å²) >= 11 is 0. The molecule has 0 aliphatic carbocycles. The minimum absolute atomic E-state index is 0.00704. The zero-order chi connectivity index (χ0) is 20.0. The van der Waals surface area contributed by atoms with E-state index in [0.29, 0.717) is 11.3 Å². The van der Waals surface area contributed by atoms with E-state index in [1.807, 2.05) is 0 Å². The van der Waals surface area contributed by atoms with Gasteiger partial charge in [0.25, 0.3) is 0 Å². The number of anilines is 1. The van der Waals surface area contributed by atoms with E-state index in [1.165, 1.54) is 44.3 Å². The van der Waals surface area contributed by atoms with Gasteiger partial charge in [-0.3, -0.25) is 9.59 Å². The highest BCUT2D eigenvalue weighted by Crippen LogP contribution is 2.18. The molecule has 8 nitrogen and oxygen atoms in total. The van der Waals surface area contributed by atoms with Crippen molar-refractivity contribution < 1.29 is 23.1 Å². The Morgan fingerprint density at radius 3 is 2.30 bits per heavy atom. The van der Waals surface area contributed by atoms with E-state index in [1.54, 1.807) is 18.2 Å². The molecule has 2 rings (SSSR count). The zero-order valence-electron chi connectivity index (χ0n) is 15.0. The highest BCUT2D eigenvalue weighted by molar-refractivity contribution is 7.89. The quantitative estimate of drug-likeness (QED) is 0.658. The number of carbonyl (C=O) groups excluding carboxylic acids is 2. The van der Waals surface area contributed by atoms with Crippen LogP contribution < -0.4 is 10.6 Å². The molecule has 0 unspecified atom stereocenters. The van der Waals surface area contributed by atoms with E-state index in [0.717, 1.165) is 4.31 Å². The Morgan fingerprint density at radius 1 is 1.07 bits per heavy atom. The number of nitrogens with zero attached hydrogens (tertiary/aromatic N) is 1. The molecule has 0 saturated carbocycles. The molecule has 0 saturated heterocycles. The number of aromatic hydroxyl groups is 1. The van der Waals surface area contributed by atoms with E-state index in [9.17, 15) is 23.1 Å². The first-order valence-electron chi connectivity index (χ1n) is 8.07. The number of phenolic OH excluding ortho intramolecular Hbond substituents is 1. The second kappa shape index (κ2) is 8.65. The van der Waals surface area contributed by atoms with Gasteiger partial charge in [0.05, 0.1) is 11.4 Å². The largest absolute Gasteiger partial charge is 0.508 e. The maximum absolute atomic E-state index is 12.5. The Kier molecular flexibility index (Phi) is 6.54. The molecule has 0 bridgehead atoms. The van der Waals surface area contributed by atoms with Gasteiger partial charge in [-0.05, 0) is 30.3 Å². The number of likely N-dealkylation sites (N-methyl/N-ethyl adjacent to an activating group) is 1. The molecule has 0 aliphatic heterocycles. The predicted octanol–water partition coefficient (Wildman–Crippen LogP) is 1.29. The number of carbonyl (C=O) groups is 2. The Labute approximate surface area is 157 Å². The van der Waals surface area contributed by atoms with Crippen LogP contribution in [0.15, 0.2) is 53.4 Å². The number of benzene rings is 2. The van der Waals surface area contributed by atoms with Gasteiger partial charge in [0.15, 0.2) is 0 Å². The second-order valence-corrected chi connectivity index (χ2v) is 7.92. The monoisotopic (exact) mass is 391 g/mol. The van der Waals surface area contributed by atoms with E-state index in [2.05, 4.69) is 10.6 Å². The molecule has 0 spiro atoms. The summed E-state index contributed by atoms with van der Waals surface area (Å²) in [6, 6.07) is 12.2. The van der Waals surface area contributed by atoms with Crippen LogP contribution in [0.3, 0.4) is 0 Å². The number of phenols is 1. The summed E-state index contributed by atoms with van der Waals surface area (Å²) in [5.74, 6) is -0.707. The van der Waals surface area contributed by atoms with Crippen molar-refractivity contribution in [3.8, 4) is 5.75 Å². The Balaban J connectivity index is 1.98. The minimum Gasteiger partial charge on any atom is -0.508 e. The van der Waals surface area contributed by atoms with Crippen LogP contribution in [0.2, 0.25) is 0 Å². The van der Waals surface area contributed by atoms with E-state index >= 15 is 0 Å². The van der Waals surface area contributed by atoms with Crippen LogP contribution in [-0.2, 0) is 26.2 Å². The summed E-state index contributed by atoms with van der Waals surface area (Å²) < 4.78 is 26.0. The van der Waals surface area contributed by atoms with Gasteiger partial charge >= 0.3 is 0 Å². The minimum atomic E-state index is -3.86. The third-order valence-corrected chi connectivity index (χ3v) is 5.53. The second-order valence-electron chi connectivity index (χ2n) is 5.87. The van der Waals surface area contributed by atoms with Crippen molar-refractivity contribution in [2.75, 3.05) is 18.9 Å². The number of rotatable bonds is 7. The highest BCUT2D eigenvalue weighted by atomic mass is 32.2. The van der Waals surface area contributed by atoms with Crippen LogP contribution in [0.1, 0.15) is 12.5 Å². The SMILES string of the molecule is CC(=O)Nc1ccc(S(=O)(=O)N(C)CC(=O)NCc2ccccc2O)cc1. The Hall–Kier alpha value is -2.91. The van der Waals surface area contributed by atoms with Crippen molar-refractivity contribution in [1.29, 1.82) is 0 Å². The fourth-order valence-corrected chi connectivity index (χ4v) is 3.42. The fraction of sp³-hybridized carbons (Fsp3) is 0.222. The molecule has 0 aromatic heterocycles. The van der Waals surface area contributed by atoms with Gasteiger partial charge in [-0.1, -0.05) is 18.2 Å². The van der Waals surface area contributed by atoms with Gasteiger partial charge in [0, 0.05) is 31.8 Å². The molecular formula is C18H21N3O5S.